The van der Waals surface area contributed by atoms with Crippen LogP contribution in [0.25, 0.3) is 0 Å². The van der Waals surface area contributed by atoms with E-state index in [1.807, 2.05) is 42.5 Å². The van der Waals surface area contributed by atoms with Crippen molar-refractivity contribution in [3.63, 3.8) is 0 Å². The van der Waals surface area contributed by atoms with Crippen LogP contribution in [0.15, 0.2) is 78.9 Å². The standard InChI is InChI=1S/C30H33Cl2N3O4/c31-25-12-10-24(11-13-25)21-35(29(36)22-39-28-9-5-4-8-26(28)32)27(20-23-6-2-1-3-7-23)30(37)33-14-15-34-16-18-38-19-17-34/h1-13,27H,14-22H2,(H,33,37). The molecule has 3 aromatic carbocycles. The van der Waals surface area contributed by atoms with Gasteiger partial charge in [0.1, 0.15) is 11.8 Å². The molecule has 1 unspecified atom stereocenters. The maximum Gasteiger partial charge on any atom is 0.261 e. The van der Waals surface area contributed by atoms with E-state index in [0.717, 1.165) is 24.2 Å². The van der Waals surface area contributed by atoms with Crippen molar-refractivity contribution in [2.75, 3.05) is 46.0 Å². The fourth-order valence-electron chi connectivity index (χ4n) is 4.40. The first-order valence-electron chi connectivity index (χ1n) is 13.0. The number of amides is 2. The number of carbonyl (C=O) groups is 2. The van der Waals surface area contributed by atoms with Gasteiger partial charge in [-0.15, -0.1) is 0 Å². The van der Waals surface area contributed by atoms with E-state index in [9.17, 15) is 9.59 Å². The topological polar surface area (TPSA) is 71.1 Å². The Bertz CT molecular complexity index is 1200. The van der Waals surface area contributed by atoms with Crippen molar-refractivity contribution >= 4 is 35.0 Å². The van der Waals surface area contributed by atoms with Gasteiger partial charge < -0.3 is 19.7 Å². The van der Waals surface area contributed by atoms with Crippen LogP contribution in [0.1, 0.15) is 11.1 Å². The molecule has 0 radical (unpaired) electrons. The Morgan fingerprint density at radius 1 is 0.923 bits per heavy atom. The van der Waals surface area contributed by atoms with Crippen molar-refractivity contribution in [3.8, 4) is 5.75 Å². The van der Waals surface area contributed by atoms with E-state index in [4.69, 9.17) is 32.7 Å². The van der Waals surface area contributed by atoms with Crippen LogP contribution in [-0.4, -0.2) is 73.7 Å². The Kier molecular flexibility index (Phi) is 11.0. The van der Waals surface area contributed by atoms with Gasteiger partial charge in [0.15, 0.2) is 6.61 Å². The number of hydrogen-bond donors (Lipinski definition) is 1. The highest BCUT2D eigenvalue weighted by atomic mass is 35.5. The third-order valence-corrected chi connectivity index (χ3v) is 7.12. The van der Waals surface area contributed by atoms with Crippen LogP contribution in [0, 0.1) is 0 Å². The minimum Gasteiger partial charge on any atom is -0.482 e. The Balaban J connectivity index is 1.54. The van der Waals surface area contributed by atoms with Gasteiger partial charge in [-0.3, -0.25) is 14.5 Å². The molecule has 7 nitrogen and oxygen atoms in total. The molecule has 0 bridgehead atoms. The molecule has 39 heavy (non-hydrogen) atoms. The summed E-state index contributed by atoms with van der Waals surface area (Å²) in [7, 11) is 0. The zero-order valence-electron chi connectivity index (χ0n) is 21.7. The maximum atomic E-state index is 13.7. The quantitative estimate of drug-likeness (QED) is 0.348. The number of para-hydroxylation sites is 1. The molecule has 3 aromatic rings. The summed E-state index contributed by atoms with van der Waals surface area (Å²) in [5, 5.41) is 4.08. The van der Waals surface area contributed by atoms with Gasteiger partial charge >= 0.3 is 0 Å². The maximum absolute atomic E-state index is 13.7. The SMILES string of the molecule is O=C(NCCN1CCOCC1)C(Cc1ccccc1)N(Cc1ccc(Cl)cc1)C(=O)COc1ccccc1Cl. The predicted octanol–water partition coefficient (Wildman–Crippen LogP) is 4.46. The van der Waals surface area contributed by atoms with Crippen molar-refractivity contribution in [1.29, 1.82) is 0 Å². The molecular formula is C30H33Cl2N3O4. The number of carbonyl (C=O) groups excluding carboxylic acids is 2. The summed E-state index contributed by atoms with van der Waals surface area (Å²) < 4.78 is 11.2. The van der Waals surface area contributed by atoms with Crippen LogP contribution in [-0.2, 0) is 27.3 Å². The Labute approximate surface area is 239 Å². The number of nitrogens with one attached hydrogen (secondary N) is 1. The third kappa shape index (κ3) is 8.97. The van der Waals surface area contributed by atoms with Gasteiger partial charge in [0, 0.05) is 44.2 Å². The molecule has 1 heterocycles. The van der Waals surface area contributed by atoms with Gasteiger partial charge in [-0.1, -0.05) is 77.8 Å². The average molecular weight is 571 g/mol. The number of nitrogens with zero attached hydrogens (tertiary/aromatic N) is 2. The fraction of sp³-hybridized carbons (Fsp3) is 0.333. The van der Waals surface area contributed by atoms with E-state index in [0.29, 0.717) is 48.5 Å². The molecule has 1 fully saturated rings. The van der Waals surface area contributed by atoms with Gasteiger partial charge in [0.25, 0.3) is 5.91 Å². The molecule has 1 atom stereocenters. The van der Waals surface area contributed by atoms with Crippen LogP contribution in [0.3, 0.4) is 0 Å². The molecule has 1 aliphatic rings. The van der Waals surface area contributed by atoms with Crippen molar-refractivity contribution in [2.45, 2.75) is 19.0 Å². The summed E-state index contributed by atoms with van der Waals surface area (Å²) in [6.45, 7) is 4.21. The summed E-state index contributed by atoms with van der Waals surface area (Å²) in [4.78, 5) is 31.2. The molecule has 1 N–H and O–H groups in total. The number of rotatable bonds is 12. The molecule has 1 aliphatic heterocycles. The van der Waals surface area contributed by atoms with E-state index < -0.39 is 6.04 Å². The van der Waals surface area contributed by atoms with Gasteiger partial charge in [-0.2, -0.15) is 0 Å². The van der Waals surface area contributed by atoms with Gasteiger partial charge in [-0.25, -0.2) is 0 Å². The van der Waals surface area contributed by atoms with Crippen molar-refractivity contribution < 1.29 is 19.1 Å². The van der Waals surface area contributed by atoms with Gasteiger partial charge in [0.2, 0.25) is 5.91 Å². The number of hydrogen-bond acceptors (Lipinski definition) is 5. The zero-order valence-corrected chi connectivity index (χ0v) is 23.2. The summed E-state index contributed by atoms with van der Waals surface area (Å²) in [6, 6.07) is 23.2. The number of morpholine rings is 1. The van der Waals surface area contributed by atoms with Crippen LogP contribution in [0.5, 0.6) is 5.75 Å². The smallest absolute Gasteiger partial charge is 0.261 e. The number of ether oxygens (including phenoxy) is 2. The lowest BCUT2D eigenvalue weighted by atomic mass is 10.0. The largest absolute Gasteiger partial charge is 0.482 e. The van der Waals surface area contributed by atoms with Crippen LogP contribution >= 0.6 is 23.2 Å². The molecule has 0 aliphatic carbocycles. The molecule has 9 heteroatoms. The molecule has 206 valence electrons. The van der Waals surface area contributed by atoms with Crippen LogP contribution in [0.4, 0.5) is 0 Å². The molecule has 1 saturated heterocycles. The van der Waals surface area contributed by atoms with E-state index in [2.05, 4.69) is 10.2 Å². The van der Waals surface area contributed by atoms with Crippen molar-refractivity contribution in [2.24, 2.45) is 0 Å². The first-order valence-corrected chi connectivity index (χ1v) is 13.8. The fourth-order valence-corrected chi connectivity index (χ4v) is 4.72. The van der Waals surface area contributed by atoms with Crippen LogP contribution in [0.2, 0.25) is 10.0 Å². The summed E-state index contributed by atoms with van der Waals surface area (Å²) in [6.07, 6.45) is 0.357. The van der Waals surface area contributed by atoms with Crippen molar-refractivity contribution in [1.82, 2.24) is 15.1 Å². The lowest BCUT2D eigenvalue weighted by Crippen LogP contribution is -2.52. The molecular weight excluding hydrogens is 537 g/mol. The van der Waals surface area contributed by atoms with E-state index in [-0.39, 0.29) is 25.0 Å². The molecule has 2 amide bonds. The zero-order chi connectivity index (χ0) is 27.5. The molecule has 0 aromatic heterocycles. The number of halogens is 2. The highest BCUT2D eigenvalue weighted by Crippen LogP contribution is 2.24. The lowest BCUT2D eigenvalue weighted by Gasteiger charge is -2.32. The first kappa shape index (κ1) is 28.9. The summed E-state index contributed by atoms with van der Waals surface area (Å²) >= 11 is 12.3. The third-order valence-electron chi connectivity index (χ3n) is 6.56. The van der Waals surface area contributed by atoms with E-state index >= 15 is 0 Å². The highest BCUT2D eigenvalue weighted by molar-refractivity contribution is 6.32. The minimum atomic E-state index is -0.755. The summed E-state index contributed by atoms with van der Waals surface area (Å²) in [5.41, 5.74) is 1.80. The van der Waals surface area contributed by atoms with Crippen LogP contribution < -0.4 is 10.1 Å². The second-order valence-corrected chi connectivity index (χ2v) is 10.2. The molecule has 0 spiro atoms. The number of benzene rings is 3. The Hall–Kier alpha value is -3.10. The van der Waals surface area contributed by atoms with Crippen molar-refractivity contribution in [3.05, 3.63) is 100 Å². The first-order chi connectivity index (χ1) is 19.0. The average Bonchev–Trinajstić information content (AvgIpc) is 2.96. The lowest BCUT2D eigenvalue weighted by molar-refractivity contribution is -0.142. The van der Waals surface area contributed by atoms with Gasteiger partial charge in [-0.05, 0) is 35.4 Å². The normalized spacial score (nSPS) is 14.4. The Morgan fingerprint density at radius 2 is 1.62 bits per heavy atom. The second-order valence-electron chi connectivity index (χ2n) is 9.32. The predicted molar refractivity (Wildman–Crippen MR) is 153 cm³/mol. The molecule has 0 saturated carbocycles. The van der Waals surface area contributed by atoms with E-state index in [1.54, 1.807) is 41.3 Å². The molecule has 4 rings (SSSR count). The minimum absolute atomic E-state index is 0.216. The monoisotopic (exact) mass is 569 g/mol. The van der Waals surface area contributed by atoms with Gasteiger partial charge in [0.05, 0.1) is 18.2 Å². The van der Waals surface area contributed by atoms with E-state index in [1.165, 1.54) is 0 Å². The Morgan fingerprint density at radius 3 is 2.33 bits per heavy atom. The highest BCUT2D eigenvalue weighted by Gasteiger charge is 2.31. The second kappa shape index (κ2) is 14.9. The summed E-state index contributed by atoms with van der Waals surface area (Å²) in [5.74, 6) is -0.130.